The fourth-order valence-corrected chi connectivity index (χ4v) is 2.93. The summed E-state index contributed by atoms with van der Waals surface area (Å²) < 4.78 is 32.9. The Kier molecular flexibility index (Phi) is 9.46. The number of nitrogens with one attached hydrogen (secondary N) is 1. The van der Waals surface area contributed by atoms with E-state index >= 15 is 0 Å². The van der Waals surface area contributed by atoms with Crippen molar-refractivity contribution in [2.24, 2.45) is 5.10 Å². The van der Waals surface area contributed by atoms with Crippen molar-refractivity contribution in [1.29, 1.82) is 0 Å². The Morgan fingerprint density at radius 3 is 1.75 bits per heavy atom. The SMILES string of the molecule is CCOc1cc(C(=O)NN=Cc2cc(OC)c(OC)c(OC)c2)cc(OCC)c1OCC. The maximum Gasteiger partial charge on any atom is 0.271 e. The quantitative estimate of drug-likeness (QED) is 0.392. The highest BCUT2D eigenvalue weighted by molar-refractivity contribution is 5.96. The third-order valence-electron chi connectivity index (χ3n) is 4.24. The first-order valence-electron chi connectivity index (χ1n) is 10.2. The van der Waals surface area contributed by atoms with Gasteiger partial charge in [0.25, 0.3) is 5.91 Å². The van der Waals surface area contributed by atoms with Crippen LogP contribution in [-0.4, -0.2) is 53.3 Å². The highest BCUT2D eigenvalue weighted by Crippen LogP contribution is 2.39. The highest BCUT2D eigenvalue weighted by atomic mass is 16.5. The molecule has 1 amide bonds. The maximum atomic E-state index is 12.7. The topological polar surface area (TPSA) is 96.8 Å². The number of benzene rings is 2. The normalized spacial score (nSPS) is 10.6. The van der Waals surface area contributed by atoms with Crippen LogP contribution in [0.2, 0.25) is 0 Å². The smallest absolute Gasteiger partial charge is 0.271 e. The molecule has 2 aromatic rings. The van der Waals surface area contributed by atoms with Crippen molar-refractivity contribution < 1.29 is 33.2 Å². The summed E-state index contributed by atoms with van der Waals surface area (Å²) in [5.41, 5.74) is 3.48. The van der Waals surface area contributed by atoms with Crippen LogP contribution in [0.1, 0.15) is 36.7 Å². The average Bonchev–Trinajstić information content (AvgIpc) is 2.80. The fourth-order valence-electron chi connectivity index (χ4n) is 2.93. The van der Waals surface area contributed by atoms with Crippen LogP contribution in [0.15, 0.2) is 29.4 Å². The number of hydrazone groups is 1. The molecule has 2 aromatic carbocycles. The molecule has 0 bridgehead atoms. The summed E-state index contributed by atoms with van der Waals surface area (Å²) in [4.78, 5) is 12.7. The second-order valence-corrected chi connectivity index (χ2v) is 6.26. The van der Waals surface area contributed by atoms with Crippen molar-refractivity contribution in [3.05, 3.63) is 35.4 Å². The number of hydrogen-bond donors (Lipinski definition) is 1. The third-order valence-corrected chi connectivity index (χ3v) is 4.24. The van der Waals surface area contributed by atoms with E-state index in [1.165, 1.54) is 27.5 Å². The van der Waals surface area contributed by atoms with Crippen LogP contribution in [0.3, 0.4) is 0 Å². The first-order valence-corrected chi connectivity index (χ1v) is 10.2. The number of amides is 1. The molecule has 9 nitrogen and oxygen atoms in total. The Morgan fingerprint density at radius 2 is 1.31 bits per heavy atom. The molecule has 0 aliphatic heterocycles. The number of ether oxygens (including phenoxy) is 6. The zero-order chi connectivity index (χ0) is 23.5. The zero-order valence-corrected chi connectivity index (χ0v) is 19.3. The molecule has 0 radical (unpaired) electrons. The maximum absolute atomic E-state index is 12.7. The van der Waals surface area contributed by atoms with E-state index in [1.54, 1.807) is 24.3 Å². The Balaban J connectivity index is 2.28. The predicted molar refractivity (Wildman–Crippen MR) is 121 cm³/mol. The molecule has 32 heavy (non-hydrogen) atoms. The molecule has 0 aliphatic carbocycles. The van der Waals surface area contributed by atoms with Gasteiger partial charge in [-0.1, -0.05) is 0 Å². The Bertz CT molecular complexity index is 892. The number of methoxy groups -OCH3 is 3. The van der Waals surface area contributed by atoms with Crippen LogP contribution < -0.4 is 33.8 Å². The van der Waals surface area contributed by atoms with E-state index < -0.39 is 5.91 Å². The molecule has 174 valence electrons. The minimum absolute atomic E-state index is 0.322. The van der Waals surface area contributed by atoms with Gasteiger partial charge in [-0.05, 0) is 45.0 Å². The summed E-state index contributed by atoms with van der Waals surface area (Å²) in [6, 6.07) is 6.63. The van der Waals surface area contributed by atoms with Crippen molar-refractivity contribution in [3.8, 4) is 34.5 Å². The van der Waals surface area contributed by atoms with E-state index in [9.17, 15) is 4.79 Å². The van der Waals surface area contributed by atoms with Crippen LogP contribution >= 0.6 is 0 Å². The molecular formula is C23H30N2O7. The molecule has 0 saturated carbocycles. The molecule has 0 saturated heterocycles. The Morgan fingerprint density at radius 1 is 0.781 bits per heavy atom. The van der Waals surface area contributed by atoms with E-state index in [1.807, 2.05) is 20.8 Å². The number of rotatable bonds is 12. The Hall–Kier alpha value is -3.62. The zero-order valence-electron chi connectivity index (χ0n) is 19.3. The summed E-state index contributed by atoms with van der Waals surface area (Å²) in [6.07, 6.45) is 1.48. The standard InChI is InChI=1S/C23H30N2O7/c1-7-30-19-12-16(13-20(31-8-2)22(19)32-9-3)23(26)25-24-14-15-10-17(27-4)21(29-6)18(11-15)28-5/h10-14H,7-9H2,1-6H3,(H,25,26). The van der Waals surface area contributed by atoms with E-state index in [2.05, 4.69) is 10.5 Å². The number of carbonyl (C=O) groups excluding carboxylic acids is 1. The average molecular weight is 447 g/mol. The van der Waals surface area contributed by atoms with Crippen molar-refractivity contribution in [1.82, 2.24) is 5.43 Å². The predicted octanol–water partition coefficient (Wildman–Crippen LogP) is 3.67. The van der Waals surface area contributed by atoms with Crippen molar-refractivity contribution in [3.63, 3.8) is 0 Å². The van der Waals surface area contributed by atoms with Crippen LogP contribution in [0.5, 0.6) is 34.5 Å². The van der Waals surface area contributed by atoms with Gasteiger partial charge in [-0.15, -0.1) is 0 Å². The summed E-state index contributed by atoms with van der Waals surface area (Å²) in [7, 11) is 4.58. The molecule has 9 heteroatoms. The summed E-state index contributed by atoms with van der Waals surface area (Å²) in [6.45, 7) is 6.83. The minimum atomic E-state index is -0.432. The Labute approximate surface area is 188 Å². The van der Waals surface area contributed by atoms with Gasteiger partial charge in [0, 0.05) is 11.1 Å². The lowest BCUT2D eigenvalue weighted by molar-refractivity contribution is 0.0954. The van der Waals surface area contributed by atoms with Crippen LogP contribution in [0, 0.1) is 0 Å². The number of carbonyl (C=O) groups is 1. The van der Waals surface area contributed by atoms with Gasteiger partial charge in [-0.3, -0.25) is 4.79 Å². The largest absolute Gasteiger partial charge is 0.493 e. The molecule has 0 atom stereocenters. The molecule has 0 aliphatic rings. The second kappa shape index (κ2) is 12.3. The van der Waals surface area contributed by atoms with Crippen molar-refractivity contribution >= 4 is 12.1 Å². The van der Waals surface area contributed by atoms with E-state index in [4.69, 9.17) is 28.4 Å². The van der Waals surface area contributed by atoms with E-state index in [0.717, 1.165) is 0 Å². The second-order valence-electron chi connectivity index (χ2n) is 6.26. The van der Waals surface area contributed by atoms with Gasteiger partial charge in [0.1, 0.15) is 0 Å². The minimum Gasteiger partial charge on any atom is -0.493 e. The summed E-state index contributed by atoms with van der Waals surface area (Å²) in [5, 5.41) is 4.04. The van der Waals surface area contributed by atoms with E-state index in [0.29, 0.717) is 65.4 Å². The van der Waals surface area contributed by atoms with Gasteiger partial charge in [-0.25, -0.2) is 5.43 Å². The van der Waals surface area contributed by atoms with Crippen LogP contribution in [0.4, 0.5) is 0 Å². The molecule has 2 rings (SSSR count). The highest BCUT2D eigenvalue weighted by Gasteiger charge is 2.18. The van der Waals surface area contributed by atoms with Crippen molar-refractivity contribution in [2.45, 2.75) is 20.8 Å². The molecule has 0 spiro atoms. The first-order chi connectivity index (χ1) is 15.5. The third kappa shape index (κ3) is 5.96. The van der Waals surface area contributed by atoms with Gasteiger partial charge in [-0.2, -0.15) is 5.10 Å². The van der Waals surface area contributed by atoms with Gasteiger partial charge >= 0.3 is 0 Å². The van der Waals surface area contributed by atoms with Gasteiger partial charge < -0.3 is 28.4 Å². The van der Waals surface area contributed by atoms with Crippen LogP contribution in [0.25, 0.3) is 0 Å². The molecule has 0 heterocycles. The summed E-state index contributed by atoms with van der Waals surface area (Å²) in [5.74, 6) is 2.32. The first kappa shape index (κ1) is 24.6. The lowest BCUT2D eigenvalue weighted by atomic mass is 10.1. The molecular weight excluding hydrogens is 416 g/mol. The fraction of sp³-hybridized carbons (Fsp3) is 0.391. The van der Waals surface area contributed by atoms with Gasteiger partial charge in [0.05, 0.1) is 47.4 Å². The summed E-state index contributed by atoms with van der Waals surface area (Å²) >= 11 is 0. The molecule has 1 N–H and O–H groups in total. The van der Waals surface area contributed by atoms with E-state index in [-0.39, 0.29) is 0 Å². The van der Waals surface area contributed by atoms with Crippen LogP contribution in [-0.2, 0) is 0 Å². The van der Waals surface area contributed by atoms with Crippen molar-refractivity contribution in [2.75, 3.05) is 41.2 Å². The number of hydrogen-bond acceptors (Lipinski definition) is 8. The molecule has 0 aromatic heterocycles. The monoisotopic (exact) mass is 446 g/mol. The molecule has 0 fully saturated rings. The van der Waals surface area contributed by atoms with Gasteiger partial charge in [0.2, 0.25) is 11.5 Å². The molecule has 0 unspecified atom stereocenters. The van der Waals surface area contributed by atoms with Gasteiger partial charge in [0.15, 0.2) is 23.0 Å². The lowest BCUT2D eigenvalue weighted by Gasteiger charge is -2.16. The lowest BCUT2D eigenvalue weighted by Crippen LogP contribution is -2.18. The number of nitrogens with zero attached hydrogens (tertiary/aromatic N) is 1.